The van der Waals surface area contributed by atoms with E-state index in [1.165, 1.54) is 0 Å². The molecular formula is C11H12BrN3O. The summed E-state index contributed by atoms with van der Waals surface area (Å²) < 4.78 is 8.39. The maximum Gasteiger partial charge on any atom is 0.137 e. The van der Waals surface area contributed by atoms with E-state index in [1.807, 2.05) is 22.9 Å². The van der Waals surface area contributed by atoms with Crippen molar-refractivity contribution in [2.75, 3.05) is 6.61 Å². The lowest BCUT2D eigenvalue weighted by Crippen LogP contribution is -2.03. The molecule has 0 aliphatic heterocycles. The number of aromatic nitrogens is 3. The molecule has 0 spiro atoms. The minimum atomic E-state index is 0.682. The fourth-order valence-electron chi connectivity index (χ4n) is 1.30. The van der Waals surface area contributed by atoms with E-state index in [4.69, 9.17) is 4.74 Å². The molecule has 0 aliphatic rings. The second kappa shape index (κ2) is 5.65. The number of nitrogens with zero attached hydrogens (tertiary/aromatic N) is 3. The van der Waals surface area contributed by atoms with Crippen LogP contribution in [-0.4, -0.2) is 21.1 Å². The summed E-state index contributed by atoms with van der Waals surface area (Å²) in [7, 11) is 0. The van der Waals surface area contributed by atoms with Crippen LogP contribution in [0.4, 0.5) is 0 Å². The highest BCUT2D eigenvalue weighted by molar-refractivity contribution is 9.10. The molecule has 0 bridgehead atoms. The molecule has 0 radical (unpaired) electrons. The molecule has 84 valence electrons. The summed E-state index contributed by atoms with van der Waals surface area (Å²) in [6.07, 6.45) is 8.19. The molecule has 5 heteroatoms. The van der Waals surface area contributed by atoms with E-state index >= 15 is 0 Å². The van der Waals surface area contributed by atoms with Gasteiger partial charge < -0.3 is 9.30 Å². The largest absolute Gasteiger partial charge is 0.492 e. The van der Waals surface area contributed by atoms with Crippen molar-refractivity contribution in [1.82, 2.24) is 14.5 Å². The van der Waals surface area contributed by atoms with Gasteiger partial charge in [0.15, 0.2) is 0 Å². The number of halogens is 1. The second-order valence-corrected chi connectivity index (χ2v) is 4.13. The Hall–Kier alpha value is -1.36. The number of ether oxygens (including phenoxy) is 1. The van der Waals surface area contributed by atoms with Crippen molar-refractivity contribution >= 4 is 15.9 Å². The molecule has 0 aliphatic carbocycles. The van der Waals surface area contributed by atoms with Crippen LogP contribution in [0.25, 0.3) is 0 Å². The molecule has 0 aromatic carbocycles. The first-order valence-corrected chi connectivity index (χ1v) is 5.84. The van der Waals surface area contributed by atoms with Gasteiger partial charge in [0.1, 0.15) is 10.4 Å². The summed E-state index contributed by atoms with van der Waals surface area (Å²) in [6, 6.07) is 3.76. The summed E-state index contributed by atoms with van der Waals surface area (Å²) in [6.45, 7) is 1.60. The number of hydrogen-bond donors (Lipinski definition) is 0. The zero-order valence-electron chi connectivity index (χ0n) is 8.71. The molecule has 16 heavy (non-hydrogen) atoms. The predicted octanol–water partition coefficient (Wildman–Crippen LogP) is 2.51. The molecule has 0 amide bonds. The second-order valence-electron chi connectivity index (χ2n) is 3.32. The van der Waals surface area contributed by atoms with E-state index in [-0.39, 0.29) is 0 Å². The van der Waals surface area contributed by atoms with Gasteiger partial charge in [-0.25, -0.2) is 9.97 Å². The van der Waals surface area contributed by atoms with Crippen LogP contribution in [0.1, 0.15) is 6.42 Å². The third-order valence-corrected chi connectivity index (χ3v) is 2.56. The van der Waals surface area contributed by atoms with Crippen LogP contribution in [0.5, 0.6) is 5.75 Å². The van der Waals surface area contributed by atoms with Crippen LogP contribution in [-0.2, 0) is 6.54 Å². The van der Waals surface area contributed by atoms with E-state index in [1.54, 1.807) is 18.7 Å². The van der Waals surface area contributed by atoms with E-state index in [0.717, 1.165) is 23.3 Å². The maximum absolute atomic E-state index is 5.54. The van der Waals surface area contributed by atoms with E-state index in [9.17, 15) is 0 Å². The van der Waals surface area contributed by atoms with Crippen LogP contribution in [0, 0.1) is 0 Å². The SMILES string of the molecule is Brc1ccc(OCCCn2ccnc2)cn1. The molecule has 0 saturated carbocycles. The van der Waals surface area contributed by atoms with Crippen LogP contribution >= 0.6 is 15.9 Å². The first-order chi connectivity index (χ1) is 7.84. The minimum absolute atomic E-state index is 0.682. The molecule has 0 N–H and O–H groups in total. The average Bonchev–Trinajstić information content (AvgIpc) is 2.80. The summed E-state index contributed by atoms with van der Waals surface area (Å²) >= 11 is 3.28. The minimum Gasteiger partial charge on any atom is -0.492 e. The topological polar surface area (TPSA) is 39.9 Å². The van der Waals surface area contributed by atoms with Crippen molar-refractivity contribution in [1.29, 1.82) is 0 Å². The molecule has 2 aromatic heterocycles. The number of rotatable bonds is 5. The molecule has 2 heterocycles. The van der Waals surface area contributed by atoms with Gasteiger partial charge in [0, 0.05) is 18.9 Å². The van der Waals surface area contributed by atoms with Gasteiger partial charge in [0.05, 0.1) is 19.1 Å². The quantitative estimate of drug-likeness (QED) is 0.625. The van der Waals surface area contributed by atoms with Crippen molar-refractivity contribution in [3.63, 3.8) is 0 Å². The normalized spacial score (nSPS) is 10.3. The van der Waals surface area contributed by atoms with Crippen LogP contribution in [0.2, 0.25) is 0 Å². The van der Waals surface area contributed by atoms with Gasteiger partial charge in [0.2, 0.25) is 0 Å². The Morgan fingerprint density at radius 1 is 1.38 bits per heavy atom. The lowest BCUT2D eigenvalue weighted by molar-refractivity contribution is 0.300. The average molecular weight is 282 g/mol. The standard InChI is InChI=1S/C11H12BrN3O/c12-11-3-2-10(8-14-11)16-7-1-5-15-6-4-13-9-15/h2-4,6,8-9H,1,5,7H2. The Labute approximate surface area is 102 Å². The van der Waals surface area contributed by atoms with Crippen LogP contribution < -0.4 is 4.74 Å². The van der Waals surface area contributed by atoms with E-state index in [2.05, 4.69) is 25.9 Å². The first kappa shape index (κ1) is 11.1. The number of imidazole rings is 1. The van der Waals surface area contributed by atoms with Crippen molar-refractivity contribution in [3.05, 3.63) is 41.7 Å². The fraction of sp³-hybridized carbons (Fsp3) is 0.273. The van der Waals surface area contributed by atoms with Gasteiger partial charge in [0.25, 0.3) is 0 Å². The zero-order chi connectivity index (χ0) is 11.2. The lowest BCUT2D eigenvalue weighted by atomic mass is 10.4. The lowest BCUT2D eigenvalue weighted by Gasteiger charge is -2.05. The summed E-state index contributed by atoms with van der Waals surface area (Å²) in [5.41, 5.74) is 0. The molecule has 4 nitrogen and oxygen atoms in total. The summed E-state index contributed by atoms with van der Waals surface area (Å²) in [4.78, 5) is 8.06. The smallest absolute Gasteiger partial charge is 0.137 e. The third kappa shape index (κ3) is 3.34. The Bertz CT molecular complexity index is 413. The van der Waals surface area contributed by atoms with Gasteiger partial charge in [-0.2, -0.15) is 0 Å². The van der Waals surface area contributed by atoms with Crippen LogP contribution in [0.15, 0.2) is 41.7 Å². The highest BCUT2D eigenvalue weighted by Crippen LogP contribution is 2.12. The van der Waals surface area contributed by atoms with Crippen molar-refractivity contribution in [3.8, 4) is 5.75 Å². The molecule has 0 saturated heterocycles. The Balaban J connectivity index is 1.70. The number of hydrogen-bond acceptors (Lipinski definition) is 3. The number of pyridine rings is 1. The van der Waals surface area contributed by atoms with Gasteiger partial charge >= 0.3 is 0 Å². The molecular weight excluding hydrogens is 270 g/mol. The highest BCUT2D eigenvalue weighted by atomic mass is 79.9. The first-order valence-electron chi connectivity index (χ1n) is 5.05. The monoisotopic (exact) mass is 281 g/mol. The maximum atomic E-state index is 5.54. The summed E-state index contributed by atoms with van der Waals surface area (Å²) in [5.74, 6) is 0.800. The van der Waals surface area contributed by atoms with Crippen LogP contribution in [0.3, 0.4) is 0 Å². The van der Waals surface area contributed by atoms with Gasteiger partial charge in [-0.1, -0.05) is 0 Å². The van der Waals surface area contributed by atoms with Crippen molar-refractivity contribution < 1.29 is 4.74 Å². The van der Waals surface area contributed by atoms with Gasteiger partial charge in [-0.15, -0.1) is 0 Å². The van der Waals surface area contributed by atoms with Crippen molar-refractivity contribution in [2.24, 2.45) is 0 Å². The van der Waals surface area contributed by atoms with E-state index < -0.39 is 0 Å². The number of aryl methyl sites for hydroxylation is 1. The highest BCUT2D eigenvalue weighted by Gasteiger charge is 1.95. The molecule has 0 fully saturated rings. The van der Waals surface area contributed by atoms with Gasteiger partial charge in [-0.3, -0.25) is 0 Å². The molecule has 0 unspecified atom stereocenters. The fourth-order valence-corrected chi connectivity index (χ4v) is 1.54. The Morgan fingerprint density at radius 3 is 3.00 bits per heavy atom. The Morgan fingerprint density at radius 2 is 2.31 bits per heavy atom. The van der Waals surface area contributed by atoms with E-state index in [0.29, 0.717) is 6.61 Å². The van der Waals surface area contributed by atoms with Gasteiger partial charge in [-0.05, 0) is 34.5 Å². The Kier molecular flexibility index (Phi) is 3.93. The predicted molar refractivity (Wildman–Crippen MR) is 64.3 cm³/mol. The summed E-state index contributed by atoms with van der Waals surface area (Å²) in [5, 5.41) is 0. The molecule has 2 rings (SSSR count). The third-order valence-electron chi connectivity index (χ3n) is 2.09. The molecule has 0 atom stereocenters. The van der Waals surface area contributed by atoms with Crippen molar-refractivity contribution in [2.45, 2.75) is 13.0 Å². The molecule has 2 aromatic rings. The zero-order valence-corrected chi connectivity index (χ0v) is 10.3.